The van der Waals surface area contributed by atoms with E-state index in [9.17, 15) is 13.5 Å². The fourth-order valence-corrected chi connectivity index (χ4v) is 3.89. The predicted molar refractivity (Wildman–Crippen MR) is 85.4 cm³/mol. The number of sulfonamides is 1. The molecule has 0 saturated carbocycles. The standard InChI is InChI=1S/C13H20ClN5O3S/c1-13(2,7-20)9(11-15-5-6-18(11)3)17-23(21,22)12-10(14)19(4)8-16-12/h5-6,8-9,17,20H,7H2,1-4H3. The first-order valence-corrected chi connectivity index (χ1v) is 8.73. The summed E-state index contributed by atoms with van der Waals surface area (Å²) >= 11 is 5.99. The third-order valence-electron chi connectivity index (χ3n) is 3.67. The van der Waals surface area contributed by atoms with Crippen molar-refractivity contribution in [3.63, 3.8) is 0 Å². The number of nitrogens with one attached hydrogen (secondary N) is 1. The number of imidazole rings is 2. The van der Waals surface area contributed by atoms with Gasteiger partial charge in [-0.3, -0.25) is 0 Å². The molecule has 1 unspecified atom stereocenters. The van der Waals surface area contributed by atoms with E-state index >= 15 is 0 Å². The molecule has 2 rings (SSSR count). The Kier molecular flexibility index (Phi) is 4.86. The van der Waals surface area contributed by atoms with Crippen LogP contribution in [0.25, 0.3) is 0 Å². The van der Waals surface area contributed by atoms with Crippen molar-refractivity contribution in [1.29, 1.82) is 0 Å². The van der Waals surface area contributed by atoms with Crippen LogP contribution < -0.4 is 4.72 Å². The first-order chi connectivity index (χ1) is 10.6. The number of hydrogen-bond donors (Lipinski definition) is 2. The number of nitrogens with zero attached hydrogens (tertiary/aromatic N) is 4. The molecule has 0 aromatic carbocycles. The van der Waals surface area contributed by atoms with E-state index in [0.29, 0.717) is 5.82 Å². The predicted octanol–water partition coefficient (Wildman–Crippen LogP) is 0.845. The van der Waals surface area contributed by atoms with Gasteiger partial charge >= 0.3 is 0 Å². The second kappa shape index (κ2) is 6.23. The molecule has 2 aromatic heterocycles. The summed E-state index contributed by atoms with van der Waals surface area (Å²) in [7, 11) is -0.629. The van der Waals surface area contributed by atoms with E-state index in [2.05, 4.69) is 14.7 Å². The SMILES string of the molecule is Cn1ccnc1C(NS(=O)(=O)c1ncn(C)c1Cl)C(C)(C)CO. The van der Waals surface area contributed by atoms with Gasteiger partial charge in [0.25, 0.3) is 10.0 Å². The average Bonchev–Trinajstić information content (AvgIpc) is 3.03. The zero-order valence-electron chi connectivity index (χ0n) is 13.4. The molecular weight excluding hydrogens is 342 g/mol. The van der Waals surface area contributed by atoms with Crippen LogP contribution in [0.4, 0.5) is 0 Å². The van der Waals surface area contributed by atoms with Crippen LogP contribution in [0, 0.1) is 5.41 Å². The highest BCUT2D eigenvalue weighted by atomic mass is 35.5. The first-order valence-electron chi connectivity index (χ1n) is 6.87. The van der Waals surface area contributed by atoms with Crippen LogP contribution in [0.2, 0.25) is 5.15 Å². The van der Waals surface area contributed by atoms with Gasteiger partial charge in [-0.15, -0.1) is 0 Å². The summed E-state index contributed by atoms with van der Waals surface area (Å²) in [4.78, 5) is 8.04. The lowest BCUT2D eigenvalue weighted by atomic mass is 9.85. The fourth-order valence-electron chi connectivity index (χ4n) is 2.09. The van der Waals surface area contributed by atoms with Crippen LogP contribution in [0.5, 0.6) is 0 Å². The van der Waals surface area contributed by atoms with Gasteiger partial charge in [-0.2, -0.15) is 4.72 Å². The normalized spacial score (nSPS) is 14.2. The molecular formula is C13H20ClN5O3S. The van der Waals surface area contributed by atoms with Crippen LogP contribution in [0.1, 0.15) is 25.7 Å². The van der Waals surface area contributed by atoms with Crippen LogP contribution in [-0.2, 0) is 24.1 Å². The van der Waals surface area contributed by atoms with E-state index in [1.807, 2.05) is 0 Å². The summed E-state index contributed by atoms with van der Waals surface area (Å²) in [6, 6.07) is -0.754. The summed E-state index contributed by atoms with van der Waals surface area (Å²) < 4.78 is 31.0. The van der Waals surface area contributed by atoms with Crippen molar-refractivity contribution in [1.82, 2.24) is 23.8 Å². The minimum atomic E-state index is -3.98. The molecule has 2 aromatic rings. The van der Waals surface area contributed by atoms with E-state index in [1.54, 1.807) is 44.9 Å². The van der Waals surface area contributed by atoms with Crippen LogP contribution in [0.3, 0.4) is 0 Å². The van der Waals surface area contributed by atoms with Gasteiger partial charge < -0.3 is 14.2 Å². The Hall–Kier alpha value is -1.42. The van der Waals surface area contributed by atoms with Gasteiger partial charge in [0.15, 0.2) is 0 Å². The monoisotopic (exact) mass is 361 g/mol. The van der Waals surface area contributed by atoms with Crippen molar-refractivity contribution in [2.75, 3.05) is 6.61 Å². The van der Waals surface area contributed by atoms with Gasteiger partial charge in [-0.05, 0) is 0 Å². The molecule has 0 saturated heterocycles. The summed E-state index contributed by atoms with van der Waals surface area (Å²) in [6.45, 7) is 3.26. The Morgan fingerprint density at radius 2 is 2.00 bits per heavy atom. The summed E-state index contributed by atoms with van der Waals surface area (Å²) in [5.41, 5.74) is -0.784. The van der Waals surface area contributed by atoms with Gasteiger partial charge in [0.05, 0.1) is 19.0 Å². The van der Waals surface area contributed by atoms with Crippen LogP contribution in [-0.4, -0.2) is 39.2 Å². The van der Waals surface area contributed by atoms with Crippen molar-refractivity contribution in [3.05, 3.63) is 29.7 Å². The molecule has 0 aliphatic carbocycles. The maximum absolute atomic E-state index is 12.7. The highest BCUT2D eigenvalue weighted by Gasteiger charge is 2.38. The Bertz CT molecular complexity index is 796. The third kappa shape index (κ3) is 3.42. The Labute approximate surface area is 140 Å². The molecule has 23 heavy (non-hydrogen) atoms. The van der Waals surface area contributed by atoms with Crippen molar-refractivity contribution < 1.29 is 13.5 Å². The van der Waals surface area contributed by atoms with E-state index in [-0.39, 0.29) is 16.8 Å². The molecule has 1 atom stereocenters. The first kappa shape index (κ1) is 17.9. The number of hydrogen-bond acceptors (Lipinski definition) is 5. The molecule has 0 radical (unpaired) electrons. The molecule has 2 heterocycles. The minimum Gasteiger partial charge on any atom is -0.396 e. The molecule has 128 valence electrons. The average molecular weight is 362 g/mol. The molecule has 2 N–H and O–H groups in total. The number of rotatable bonds is 6. The smallest absolute Gasteiger partial charge is 0.261 e. The lowest BCUT2D eigenvalue weighted by molar-refractivity contribution is 0.121. The van der Waals surface area contributed by atoms with Crippen LogP contribution >= 0.6 is 11.6 Å². The Morgan fingerprint density at radius 3 is 2.43 bits per heavy atom. The molecule has 8 nitrogen and oxygen atoms in total. The van der Waals surface area contributed by atoms with Crippen molar-refractivity contribution in [2.45, 2.75) is 24.9 Å². The number of halogens is 1. The Morgan fingerprint density at radius 1 is 1.35 bits per heavy atom. The van der Waals surface area contributed by atoms with E-state index < -0.39 is 21.5 Å². The third-order valence-corrected chi connectivity index (χ3v) is 5.58. The number of aromatic nitrogens is 4. The topological polar surface area (TPSA) is 102 Å². The number of aliphatic hydroxyl groups excluding tert-OH is 1. The fraction of sp³-hybridized carbons (Fsp3) is 0.538. The maximum Gasteiger partial charge on any atom is 0.261 e. The zero-order chi connectivity index (χ0) is 17.4. The molecule has 0 amide bonds. The molecule has 0 fully saturated rings. The molecule has 0 bridgehead atoms. The van der Waals surface area contributed by atoms with Crippen molar-refractivity contribution in [2.24, 2.45) is 19.5 Å². The van der Waals surface area contributed by atoms with E-state index in [1.165, 1.54) is 10.9 Å². The zero-order valence-corrected chi connectivity index (χ0v) is 14.9. The van der Waals surface area contributed by atoms with Gasteiger partial charge in [0.1, 0.15) is 11.0 Å². The van der Waals surface area contributed by atoms with Gasteiger partial charge in [-0.25, -0.2) is 18.4 Å². The number of aliphatic hydroxyl groups is 1. The lowest BCUT2D eigenvalue weighted by Gasteiger charge is -2.32. The van der Waals surface area contributed by atoms with Crippen LogP contribution in [0.15, 0.2) is 23.7 Å². The van der Waals surface area contributed by atoms with E-state index in [4.69, 9.17) is 11.6 Å². The van der Waals surface area contributed by atoms with Gasteiger partial charge in [-0.1, -0.05) is 25.4 Å². The second-order valence-corrected chi connectivity index (χ2v) is 8.04. The van der Waals surface area contributed by atoms with Gasteiger partial charge in [0.2, 0.25) is 5.03 Å². The van der Waals surface area contributed by atoms with Crippen molar-refractivity contribution >= 4 is 21.6 Å². The molecule has 0 aliphatic heterocycles. The molecule has 0 spiro atoms. The maximum atomic E-state index is 12.7. The summed E-state index contributed by atoms with van der Waals surface area (Å²) in [5, 5.41) is 9.42. The quantitative estimate of drug-likeness (QED) is 0.794. The second-order valence-electron chi connectivity index (χ2n) is 6.05. The Balaban J connectivity index is 2.46. The molecule has 10 heteroatoms. The van der Waals surface area contributed by atoms with Gasteiger partial charge in [0, 0.05) is 31.9 Å². The highest BCUT2D eigenvalue weighted by molar-refractivity contribution is 7.89. The summed E-state index contributed by atoms with van der Waals surface area (Å²) in [5.74, 6) is 0.486. The lowest BCUT2D eigenvalue weighted by Crippen LogP contribution is -2.41. The minimum absolute atomic E-state index is 0.0119. The highest BCUT2D eigenvalue weighted by Crippen LogP contribution is 2.33. The summed E-state index contributed by atoms with van der Waals surface area (Å²) in [6.07, 6.45) is 4.60. The number of aryl methyl sites for hydroxylation is 2. The van der Waals surface area contributed by atoms with Crippen molar-refractivity contribution in [3.8, 4) is 0 Å². The molecule has 0 aliphatic rings. The largest absolute Gasteiger partial charge is 0.396 e. The van der Waals surface area contributed by atoms with E-state index in [0.717, 1.165) is 0 Å².